The van der Waals surface area contributed by atoms with Crippen molar-refractivity contribution in [2.75, 3.05) is 11.1 Å². The zero-order chi connectivity index (χ0) is 21.9. The maximum Gasteiger partial charge on any atom is 0.254 e. The van der Waals surface area contributed by atoms with Crippen molar-refractivity contribution in [2.24, 2.45) is 0 Å². The van der Waals surface area contributed by atoms with Gasteiger partial charge in [0, 0.05) is 29.9 Å². The highest BCUT2D eigenvalue weighted by Crippen LogP contribution is 2.39. The summed E-state index contributed by atoms with van der Waals surface area (Å²) in [5, 5.41) is 7.64. The first-order valence-electron chi connectivity index (χ1n) is 11.1. The summed E-state index contributed by atoms with van der Waals surface area (Å²) in [6.07, 6.45) is 10.2. The molecule has 0 spiro atoms. The number of aryl methyl sites for hydroxylation is 1. The summed E-state index contributed by atoms with van der Waals surface area (Å²) in [7, 11) is 0. The number of amides is 2. The summed E-state index contributed by atoms with van der Waals surface area (Å²) < 4.78 is 2.16. The molecule has 166 valence electrons. The van der Waals surface area contributed by atoms with Crippen LogP contribution >= 0.6 is 23.1 Å². The second kappa shape index (κ2) is 9.50. The third-order valence-corrected chi connectivity index (χ3v) is 8.04. The number of fused-ring (bicyclic) bond motifs is 1. The Hall–Kier alpha value is -2.58. The molecule has 1 aromatic carbocycles. The number of carbonyl (C=O) groups excluding carboxylic acids is 2. The lowest BCUT2D eigenvalue weighted by atomic mass is 9.95. The topological polar surface area (TPSA) is 76.0 Å². The molecule has 8 heteroatoms. The third kappa shape index (κ3) is 4.76. The van der Waals surface area contributed by atoms with E-state index in [2.05, 4.69) is 20.2 Å². The second-order valence-corrected chi connectivity index (χ2v) is 10.3. The Morgan fingerprint density at radius 2 is 1.97 bits per heavy atom. The minimum atomic E-state index is -0.111. The number of benzene rings is 1. The summed E-state index contributed by atoms with van der Waals surface area (Å²) in [6.45, 7) is 0.470. The second-order valence-electron chi connectivity index (χ2n) is 8.27. The molecule has 2 aromatic heterocycles. The van der Waals surface area contributed by atoms with Crippen molar-refractivity contribution >= 4 is 39.9 Å². The van der Waals surface area contributed by atoms with Gasteiger partial charge < -0.3 is 15.2 Å². The molecule has 2 heterocycles. The molecule has 0 bridgehead atoms. The monoisotopic (exact) mass is 466 g/mol. The quantitative estimate of drug-likeness (QED) is 0.467. The molecule has 3 aromatic rings. The fourth-order valence-corrected chi connectivity index (χ4v) is 6.23. The Labute approximate surface area is 195 Å². The number of rotatable bonds is 8. The van der Waals surface area contributed by atoms with E-state index < -0.39 is 0 Å². The highest BCUT2D eigenvalue weighted by molar-refractivity contribution is 7.99. The van der Waals surface area contributed by atoms with Crippen LogP contribution in [0.25, 0.3) is 0 Å². The number of nitrogens with zero attached hydrogens (tertiary/aromatic N) is 2. The molecule has 2 N–H and O–H groups in total. The Morgan fingerprint density at radius 1 is 1.16 bits per heavy atom. The van der Waals surface area contributed by atoms with Gasteiger partial charge in [-0.05, 0) is 49.7 Å². The van der Waals surface area contributed by atoms with Gasteiger partial charge in [-0.1, -0.05) is 42.1 Å². The molecule has 2 aliphatic rings. The van der Waals surface area contributed by atoms with Crippen LogP contribution in [-0.4, -0.2) is 27.1 Å². The van der Waals surface area contributed by atoms with Crippen molar-refractivity contribution in [2.45, 2.75) is 56.3 Å². The first-order chi connectivity index (χ1) is 15.7. The maximum absolute atomic E-state index is 13.2. The SMILES string of the molecule is O=C(CSc1nccn1C1CC1)Nc1sc2c(c1C(=O)NCc1ccccc1)CCCC2. The number of anilines is 1. The van der Waals surface area contributed by atoms with Gasteiger partial charge in [0.25, 0.3) is 5.91 Å². The fraction of sp³-hybridized carbons (Fsp3) is 0.375. The molecule has 32 heavy (non-hydrogen) atoms. The number of carbonyl (C=O) groups is 2. The van der Waals surface area contributed by atoms with E-state index in [1.54, 1.807) is 17.5 Å². The van der Waals surface area contributed by atoms with E-state index in [4.69, 9.17) is 0 Å². The minimum Gasteiger partial charge on any atom is -0.348 e. The van der Waals surface area contributed by atoms with E-state index in [0.717, 1.165) is 42.0 Å². The van der Waals surface area contributed by atoms with Crippen LogP contribution in [0.2, 0.25) is 0 Å². The molecular weight excluding hydrogens is 440 g/mol. The van der Waals surface area contributed by atoms with Crippen molar-refractivity contribution in [1.82, 2.24) is 14.9 Å². The van der Waals surface area contributed by atoms with Gasteiger partial charge in [0.2, 0.25) is 5.91 Å². The summed E-state index contributed by atoms with van der Waals surface area (Å²) >= 11 is 3.01. The minimum absolute atomic E-state index is 0.101. The Kier molecular flexibility index (Phi) is 6.32. The number of hydrogen-bond acceptors (Lipinski definition) is 5. The fourth-order valence-electron chi connectivity index (χ4n) is 4.10. The van der Waals surface area contributed by atoms with Crippen molar-refractivity contribution in [1.29, 1.82) is 0 Å². The Balaban J connectivity index is 1.28. The smallest absolute Gasteiger partial charge is 0.254 e. The zero-order valence-corrected chi connectivity index (χ0v) is 19.4. The molecule has 2 amide bonds. The molecule has 0 aliphatic heterocycles. The number of nitrogens with one attached hydrogen (secondary N) is 2. The Morgan fingerprint density at radius 3 is 2.78 bits per heavy atom. The number of thiophene rings is 1. The molecule has 0 radical (unpaired) electrons. The molecule has 2 aliphatic carbocycles. The summed E-state index contributed by atoms with van der Waals surface area (Å²) in [5.41, 5.74) is 2.82. The Bertz CT molecular complexity index is 1120. The normalized spacial score (nSPS) is 15.2. The van der Waals surface area contributed by atoms with Crippen LogP contribution in [0.15, 0.2) is 47.9 Å². The number of aromatic nitrogens is 2. The summed E-state index contributed by atoms with van der Waals surface area (Å²) in [5.74, 6) is 0.0636. The van der Waals surface area contributed by atoms with Crippen molar-refractivity contribution in [3.63, 3.8) is 0 Å². The van der Waals surface area contributed by atoms with Crippen LogP contribution in [0, 0.1) is 0 Å². The molecule has 5 rings (SSSR count). The van der Waals surface area contributed by atoms with Gasteiger partial charge in [-0.2, -0.15) is 0 Å². The zero-order valence-electron chi connectivity index (χ0n) is 17.8. The molecular formula is C24H26N4O2S2. The van der Waals surface area contributed by atoms with Gasteiger partial charge in [0.1, 0.15) is 5.00 Å². The van der Waals surface area contributed by atoms with E-state index in [9.17, 15) is 9.59 Å². The van der Waals surface area contributed by atoms with Crippen molar-refractivity contribution in [3.05, 3.63) is 64.3 Å². The van der Waals surface area contributed by atoms with Gasteiger partial charge in [0.15, 0.2) is 5.16 Å². The van der Waals surface area contributed by atoms with Crippen LogP contribution < -0.4 is 10.6 Å². The third-order valence-electron chi connectivity index (χ3n) is 5.85. The molecule has 6 nitrogen and oxygen atoms in total. The lowest BCUT2D eigenvalue weighted by Gasteiger charge is -2.13. The predicted molar refractivity (Wildman–Crippen MR) is 128 cm³/mol. The predicted octanol–water partition coefficient (Wildman–Crippen LogP) is 4.82. The molecule has 1 saturated carbocycles. The maximum atomic E-state index is 13.2. The van der Waals surface area contributed by atoms with Gasteiger partial charge in [-0.3, -0.25) is 9.59 Å². The van der Waals surface area contributed by atoms with Crippen LogP contribution in [0.5, 0.6) is 0 Å². The van der Waals surface area contributed by atoms with E-state index in [0.29, 0.717) is 23.2 Å². The lowest BCUT2D eigenvalue weighted by Crippen LogP contribution is -2.25. The van der Waals surface area contributed by atoms with Gasteiger partial charge in [0.05, 0.1) is 11.3 Å². The van der Waals surface area contributed by atoms with E-state index in [-0.39, 0.29) is 17.6 Å². The first kappa shape index (κ1) is 21.3. The van der Waals surface area contributed by atoms with Gasteiger partial charge in [-0.25, -0.2) is 4.98 Å². The van der Waals surface area contributed by atoms with Crippen LogP contribution in [-0.2, 0) is 24.2 Å². The largest absolute Gasteiger partial charge is 0.348 e. The summed E-state index contributed by atoms with van der Waals surface area (Å²) in [4.78, 5) is 31.6. The highest BCUT2D eigenvalue weighted by atomic mass is 32.2. The molecule has 0 saturated heterocycles. The standard InChI is InChI=1S/C24H26N4O2S2/c29-20(15-31-24-25-12-13-28(24)17-10-11-17)27-23-21(18-8-4-5-9-19(18)32-23)22(30)26-14-16-6-2-1-3-7-16/h1-3,6-7,12-13,17H,4-5,8-11,14-15H2,(H,26,30)(H,27,29). The van der Waals surface area contributed by atoms with Crippen molar-refractivity contribution < 1.29 is 9.59 Å². The molecule has 0 unspecified atom stereocenters. The first-order valence-corrected chi connectivity index (χ1v) is 12.9. The lowest BCUT2D eigenvalue weighted by molar-refractivity contribution is -0.113. The van der Waals surface area contributed by atoms with Crippen LogP contribution in [0.4, 0.5) is 5.00 Å². The van der Waals surface area contributed by atoms with Crippen LogP contribution in [0.1, 0.15) is 58.1 Å². The van der Waals surface area contributed by atoms with E-state index in [1.165, 1.54) is 29.5 Å². The number of thioether (sulfide) groups is 1. The number of hydrogen-bond donors (Lipinski definition) is 2. The highest BCUT2D eigenvalue weighted by Gasteiger charge is 2.27. The van der Waals surface area contributed by atoms with Crippen molar-refractivity contribution in [3.8, 4) is 0 Å². The van der Waals surface area contributed by atoms with E-state index in [1.807, 2.05) is 36.5 Å². The van der Waals surface area contributed by atoms with Gasteiger partial charge in [-0.15, -0.1) is 11.3 Å². The van der Waals surface area contributed by atoms with E-state index >= 15 is 0 Å². The average molecular weight is 467 g/mol. The molecule has 0 atom stereocenters. The summed E-state index contributed by atoms with van der Waals surface area (Å²) in [6, 6.07) is 10.4. The number of imidazole rings is 1. The molecule has 1 fully saturated rings. The average Bonchev–Trinajstić information content (AvgIpc) is 3.43. The van der Waals surface area contributed by atoms with Crippen LogP contribution in [0.3, 0.4) is 0 Å². The van der Waals surface area contributed by atoms with Gasteiger partial charge >= 0.3 is 0 Å².